The fourth-order valence-corrected chi connectivity index (χ4v) is 2.60. The molecule has 0 unspecified atom stereocenters. The van der Waals surface area contributed by atoms with Crippen LogP contribution in [-0.4, -0.2) is 15.0 Å². The van der Waals surface area contributed by atoms with Gasteiger partial charge in [0.15, 0.2) is 0 Å². The van der Waals surface area contributed by atoms with Gasteiger partial charge in [0.25, 0.3) is 0 Å². The minimum atomic E-state index is 0.515. The van der Waals surface area contributed by atoms with Crippen LogP contribution in [0, 0.1) is 11.3 Å². The molecule has 0 saturated heterocycles. The molecule has 4 nitrogen and oxygen atoms in total. The molecule has 0 amide bonds. The average Bonchev–Trinajstić information content (AvgIpc) is 3.16. The van der Waals surface area contributed by atoms with Crippen molar-refractivity contribution < 1.29 is 0 Å². The minimum Gasteiger partial charge on any atom is -0.361 e. The van der Waals surface area contributed by atoms with Gasteiger partial charge in [0.05, 0.1) is 16.6 Å². The van der Waals surface area contributed by atoms with E-state index in [9.17, 15) is 5.26 Å². The van der Waals surface area contributed by atoms with Crippen molar-refractivity contribution in [1.29, 1.82) is 5.26 Å². The summed E-state index contributed by atoms with van der Waals surface area (Å²) in [7, 11) is 0. The van der Waals surface area contributed by atoms with E-state index in [4.69, 9.17) is 0 Å². The Kier molecular flexibility index (Phi) is 2.77. The van der Waals surface area contributed by atoms with Gasteiger partial charge < -0.3 is 9.97 Å². The fourth-order valence-electron chi connectivity index (χ4n) is 2.60. The number of imidazole rings is 1. The lowest BCUT2D eigenvalue weighted by Gasteiger charge is -1.94. The van der Waals surface area contributed by atoms with Crippen LogP contribution in [0.5, 0.6) is 0 Å². The van der Waals surface area contributed by atoms with Gasteiger partial charge in [0.2, 0.25) is 0 Å². The Balaban J connectivity index is 1.86. The molecular formula is C18H12N4. The molecule has 2 N–H and O–H groups in total. The Labute approximate surface area is 126 Å². The number of hydrogen-bond donors (Lipinski definition) is 2. The van der Waals surface area contributed by atoms with E-state index in [0.717, 1.165) is 27.5 Å². The van der Waals surface area contributed by atoms with E-state index in [1.165, 1.54) is 0 Å². The molecule has 4 aromatic rings. The predicted molar refractivity (Wildman–Crippen MR) is 87.9 cm³/mol. The molecule has 0 bridgehead atoms. The number of nitriles is 1. The first-order chi connectivity index (χ1) is 10.8. The van der Waals surface area contributed by atoms with Crippen LogP contribution in [0.3, 0.4) is 0 Å². The van der Waals surface area contributed by atoms with Gasteiger partial charge in [-0.25, -0.2) is 4.98 Å². The van der Waals surface area contributed by atoms with E-state index in [1.807, 2.05) is 60.8 Å². The van der Waals surface area contributed by atoms with Gasteiger partial charge in [-0.15, -0.1) is 0 Å². The largest absolute Gasteiger partial charge is 0.361 e. The first-order valence-corrected chi connectivity index (χ1v) is 6.98. The molecule has 0 fully saturated rings. The number of H-pyrrole nitrogens is 2. The van der Waals surface area contributed by atoms with Crippen molar-refractivity contribution in [3.8, 4) is 6.07 Å². The topological polar surface area (TPSA) is 68.3 Å². The third kappa shape index (κ3) is 1.97. The van der Waals surface area contributed by atoms with E-state index in [0.29, 0.717) is 11.4 Å². The second-order valence-electron chi connectivity index (χ2n) is 5.06. The van der Waals surface area contributed by atoms with Crippen LogP contribution in [-0.2, 0) is 0 Å². The molecule has 0 spiro atoms. The van der Waals surface area contributed by atoms with Crippen LogP contribution >= 0.6 is 0 Å². The molecule has 4 rings (SSSR count). The van der Waals surface area contributed by atoms with Gasteiger partial charge in [-0.05, 0) is 24.3 Å². The van der Waals surface area contributed by atoms with E-state index >= 15 is 0 Å². The molecule has 0 aliphatic rings. The van der Waals surface area contributed by atoms with Crippen molar-refractivity contribution in [3.05, 3.63) is 66.1 Å². The maximum absolute atomic E-state index is 9.49. The standard InChI is InChI=1S/C18H12N4/c19-10-12(18-21-16-7-3-4-8-17(16)22-18)9-13-11-20-15-6-2-1-5-14(13)15/h1-9,11,20H,(H,21,22)/b12-9+. The summed E-state index contributed by atoms with van der Waals surface area (Å²) in [5.74, 6) is 0.592. The number of nitrogens with one attached hydrogen (secondary N) is 2. The van der Waals surface area contributed by atoms with Gasteiger partial charge >= 0.3 is 0 Å². The van der Waals surface area contributed by atoms with Gasteiger partial charge in [0.1, 0.15) is 11.9 Å². The Bertz CT molecular complexity index is 1010. The molecule has 4 heteroatoms. The zero-order valence-electron chi connectivity index (χ0n) is 11.7. The highest BCUT2D eigenvalue weighted by atomic mass is 14.9. The quantitative estimate of drug-likeness (QED) is 0.544. The molecule has 0 atom stereocenters. The molecule has 2 aromatic carbocycles. The van der Waals surface area contributed by atoms with Gasteiger partial charge in [-0.3, -0.25) is 0 Å². The second-order valence-corrected chi connectivity index (χ2v) is 5.06. The zero-order chi connectivity index (χ0) is 14.9. The van der Waals surface area contributed by atoms with E-state index in [1.54, 1.807) is 0 Å². The van der Waals surface area contributed by atoms with Crippen LogP contribution in [0.15, 0.2) is 54.7 Å². The summed E-state index contributed by atoms with van der Waals surface area (Å²) in [6.07, 6.45) is 3.77. The number of allylic oxidation sites excluding steroid dienone is 1. The third-order valence-corrected chi connectivity index (χ3v) is 3.69. The molecule has 0 radical (unpaired) electrons. The average molecular weight is 284 g/mol. The summed E-state index contributed by atoms with van der Waals surface area (Å²) in [6, 6.07) is 18.0. The number of aromatic nitrogens is 3. The number of hydrogen-bond acceptors (Lipinski definition) is 2. The first kappa shape index (κ1) is 12.4. The van der Waals surface area contributed by atoms with E-state index in [2.05, 4.69) is 21.0 Å². The SMILES string of the molecule is N#C/C(=C\c1c[nH]c2ccccc12)c1nc2ccccc2[nH]1. The molecule has 0 aliphatic carbocycles. The lowest BCUT2D eigenvalue weighted by Crippen LogP contribution is -1.84. The zero-order valence-corrected chi connectivity index (χ0v) is 11.7. The van der Waals surface area contributed by atoms with E-state index < -0.39 is 0 Å². The fraction of sp³-hybridized carbons (Fsp3) is 0. The molecule has 2 heterocycles. The smallest absolute Gasteiger partial charge is 0.149 e. The monoisotopic (exact) mass is 284 g/mol. The maximum atomic E-state index is 9.49. The lowest BCUT2D eigenvalue weighted by atomic mass is 10.1. The highest BCUT2D eigenvalue weighted by Crippen LogP contribution is 2.23. The Hall–Kier alpha value is -3.32. The van der Waals surface area contributed by atoms with Crippen LogP contribution in [0.4, 0.5) is 0 Å². The second kappa shape index (κ2) is 4.90. The van der Waals surface area contributed by atoms with Crippen LogP contribution in [0.25, 0.3) is 33.6 Å². The van der Waals surface area contributed by atoms with Crippen molar-refractivity contribution in [2.24, 2.45) is 0 Å². The number of rotatable bonds is 2. The summed E-state index contributed by atoms with van der Waals surface area (Å²) < 4.78 is 0. The van der Waals surface area contributed by atoms with Crippen molar-refractivity contribution >= 4 is 33.6 Å². The molecule has 0 saturated carbocycles. The van der Waals surface area contributed by atoms with Crippen molar-refractivity contribution in [3.63, 3.8) is 0 Å². The molecule has 104 valence electrons. The van der Waals surface area contributed by atoms with Crippen molar-refractivity contribution in [2.45, 2.75) is 0 Å². The Morgan fingerprint density at radius 1 is 1.05 bits per heavy atom. The highest BCUT2D eigenvalue weighted by Gasteiger charge is 2.09. The van der Waals surface area contributed by atoms with Gasteiger partial charge in [-0.1, -0.05) is 30.3 Å². The summed E-state index contributed by atoms with van der Waals surface area (Å²) in [5, 5.41) is 10.6. The van der Waals surface area contributed by atoms with Gasteiger partial charge in [-0.2, -0.15) is 5.26 Å². The number of aromatic amines is 2. The maximum Gasteiger partial charge on any atom is 0.149 e. The predicted octanol–water partition coefficient (Wildman–Crippen LogP) is 4.11. The van der Waals surface area contributed by atoms with Crippen molar-refractivity contribution in [2.75, 3.05) is 0 Å². The number of benzene rings is 2. The van der Waals surface area contributed by atoms with Crippen LogP contribution in [0.2, 0.25) is 0 Å². The van der Waals surface area contributed by atoms with Gasteiger partial charge in [0, 0.05) is 22.7 Å². The normalized spacial score (nSPS) is 11.9. The molecule has 22 heavy (non-hydrogen) atoms. The Morgan fingerprint density at radius 2 is 1.82 bits per heavy atom. The Morgan fingerprint density at radius 3 is 2.64 bits per heavy atom. The summed E-state index contributed by atoms with van der Waals surface area (Å²) >= 11 is 0. The molecular weight excluding hydrogens is 272 g/mol. The van der Waals surface area contributed by atoms with Crippen LogP contribution < -0.4 is 0 Å². The molecule has 2 aromatic heterocycles. The number of para-hydroxylation sites is 3. The highest BCUT2D eigenvalue weighted by molar-refractivity contribution is 5.97. The summed E-state index contributed by atoms with van der Waals surface area (Å²) in [6.45, 7) is 0. The van der Waals surface area contributed by atoms with Crippen LogP contribution in [0.1, 0.15) is 11.4 Å². The van der Waals surface area contributed by atoms with E-state index in [-0.39, 0.29) is 0 Å². The summed E-state index contributed by atoms with van der Waals surface area (Å²) in [5.41, 5.74) is 4.33. The minimum absolute atomic E-state index is 0.515. The summed E-state index contributed by atoms with van der Waals surface area (Å²) in [4.78, 5) is 10.9. The van der Waals surface area contributed by atoms with Crippen molar-refractivity contribution in [1.82, 2.24) is 15.0 Å². The first-order valence-electron chi connectivity index (χ1n) is 6.98. The molecule has 0 aliphatic heterocycles. The number of fused-ring (bicyclic) bond motifs is 2. The lowest BCUT2D eigenvalue weighted by molar-refractivity contribution is 1.27. The third-order valence-electron chi connectivity index (χ3n) is 3.69. The number of nitrogens with zero attached hydrogens (tertiary/aromatic N) is 2.